The summed E-state index contributed by atoms with van der Waals surface area (Å²) in [6.45, 7) is 0. The molecule has 0 atom stereocenters. The van der Waals surface area contributed by atoms with Gasteiger partial charge in [-0.3, -0.25) is 0 Å². The summed E-state index contributed by atoms with van der Waals surface area (Å²) in [6, 6.07) is 8.41. The summed E-state index contributed by atoms with van der Waals surface area (Å²) in [5, 5.41) is 8.83. The van der Waals surface area contributed by atoms with Crippen LogP contribution in [0.2, 0.25) is 0 Å². The normalized spacial score (nSPS) is 10.1. The molecule has 0 radical (unpaired) electrons. The van der Waals surface area contributed by atoms with Crippen LogP contribution in [0.25, 0.3) is 11.3 Å². The summed E-state index contributed by atoms with van der Waals surface area (Å²) in [5.41, 5.74) is 1.90. The van der Waals surface area contributed by atoms with Crippen LogP contribution in [0.5, 0.6) is 0 Å². The Labute approximate surface area is 105 Å². The van der Waals surface area contributed by atoms with E-state index in [1.807, 2.05) is 19.0 Å². The number of benzene rings is 1. The van der Waals surface area contributed by atoms with Crippen LogP contribution >= 0.6 is 0 Å². The largest absolute Gasteiger partial charge is 0.478 e. The van der Waals surface area contributed by atoms with Crippen molar-refractivity contribution in [2.24, 2.45) is 0 Å². The minimum atomic E-state index is -0.932. The Morgan fingerprint density at radius 1 is 1.17 bits per heavy atom. The molecule has 1 heterocycles. The number of aromatic nitrogens is 2. The number of hydrogen-bond acceptors (Lipinski definition) is 4. The molecule has 18 heavy (non-hydrogen) atoms. The van der Waals surface area contributed by atoms with Crippen molar-refractivity contribution in [3.05, 3.63) is 42.1 Å². The van der Waals surface area contributed by atoms with Crippen molar-refractivity contribution in [2.45, 2.75) is 0 Å². The molecular formula is C13H13N3O2. The van der Waals surface area contributed by atoms with E-state index < -0.39 is 5.97 Å². The van der Waals surface area contributed by atoms with E-state index in [0.717, 1.165) is 11.3 Å². The molecule has 0 fully saturated rings. The highest BCUT2D eigenvalue weighted by Crippen LogP contribution is 2.18. The lowest BCUT2D eigenvalue weighted by atomic mass is 10.1. The van der Waals surface area contributed by atoms with Gasteiger partial charge in [0.05, 0.1) is 11.3 Å². The van der Waals surface area contributed by atoms with Crippen molar-refractivity contribution >= 4 is 11.9 Å². The van der Waals surface area contributed by atoms with Crippen LogP contribution in [0.1, 0.15) is 10.4 Å². The van der Waals surface area contributed by atoms with Gasteiger partial charge in [-0.2, -0.15) is 0 Å². The van der Waals surface area contributed by atoms with Gasteiger partial charge >= 0.3 is 5.97 Å². The van der Waals surface area contributed by atoms with Gasteiger partial charge in [-0.15, -0.1) is 0 Å². The molecular weight excluding hydrogens is 230 g/mol. The fourth-order valence-electron chi connectivity index (χ4n) is 1.51. The zero-order chi connectivity index (χ0) is 13.1. The van der Waals surface area contributed by atoms with Crippen LogP contribution in [0, 0.1) is 0 Å². The maximum absolute atomic E-state index is 10.8. The van der Waals surface area contributed by atoms with Gasteiger partial charge in [-0.25, -0.2) is 14.8 Å². The molecule has 1 aromatic heterocycles. The third-order valence-electron chi connectivity index (χ3n) is 2.47. The Morgan fingerprint density at radius 2 is 1.83 bits per heavy atom. The number of carboxylic acids is 1. The first-order valence-corrected chi connectivity index (χ1v) is 5.42. The molecule has 0 aliphatic rings. The van der Waals surface area contributed by atoms with E-state index in [9.17, 15) is 4.79 Å². The van der Waals surface area contributed by atoms with Crippen LogP contribution in [0.4, 0.5) is 5.95 Å². The van der Waals surface area contributed by atoms with Crippen molar-refractivity contribution in [1.82, 2.24) is 9.97 Å². The molecule has 1 aromatic carbocycles. The molecule has 0 saturated heterocycles. The highest BCUT2D eigenvalue weighted by molar-refractivity contribution is 5.88. The van der Waals surface area contributed by atoms with E-state index in [2.05, 4.69) is 9.97 Å². The van der Waals surface area contributed by atoms with Crippen molar-refractivity contribution < 1.29 is 9.90 Å². The van der Waals surface area contributed by atoms with Gasteiger partial charge in [0.2, 0.25) is 5.95 Å². The predicted octanol–water partition coefficient (Wildman–Crippen LogP) is 1.91. The molecule has 2 aromatic rings. The first kappa shape index (κ1) is 12.0. The fourth-order valence-corrected chi connectivity index (χ4v) is 1.51. The molecule has 0 aliphatic carbocycles. The van der Waals surface area contributed by atoms with Crippen molar-refractivity contribution in [1.29, 1.82) is 0 Å². The lowest BCUT2D eigenvalue weighted by molar-refractivity contribution is 0.0697. The first-order chi connectivity index (χ1) is 8.58. The Kier molecular flexibility index (Phi) is 3.23. The summed E-state index contributed by atoms with van der Waals surface area (Å²) < 4.78 is 0. The molecule has 0 saturated carbocycles. The van der Waals surface area contributed by atoms with Crippen LogP contribution in [0.3, 0.4) is 0 Å². The zero-order valence-electron chi connectivity index (χ0n) is 10.2. The molecule has 2 rings (SSSR count). The quantitative estimate of drug-likeness (QED) is 0.891. The number of rotatable bonds is 3. The van der Waals surface area contributed by atoms with E-state index >= 15 is 0 Å². The zero-order valence-corrected chi connectivity index (χ0v) is 10.2. The first-order valence-electron chi connectivity index (χ1n) is 5.42. The third kappa shape index (κ3) is 2.45. The van der Waals surface area contributed by atoms with Crippen molar-refractivity contribution in [2.75, 3.05) is 19.0 Å². The highest BCUT2D eigenvalue weighted by atomic mass is 16.4. The van der Waals surface area contributed by atoms with Crippen LogP contribution in [-0.4, -0.2) is 35.1 Å². The van der Waals surface area contributed by atoms with Gasteiger partial charge in [0.15, 0.2) is 0 Å². The Morgan fingerprint density at radius 3 is 2.39 bits per heavy atom. The number of aromatic carboxylic acids is 1. The topological polar surface area (TPSA) is 66.3 Å². The Bertz CT molecular complexity index is 565. The number of carboxylic acid groups (broad SMARTS) is 1. The number of hydrogen-bond donors (Lipinski definition) is 1. The molecule has 5 heteroatoms. The van der Waals surface area contributed by atoms with Crippen LogP contribution in [-0.2, 0) is 0 Å². The minimum Gasteiger partial charge on any atom is -0.478 e. The second-order valence-corrected chi connectivity index (χ2v) is 4.02. The summed E-state index contributed by atoms with van der Waals surface area (Å²) in [6.07, 6.45) is 1.68. The lowest BCUT2D eigenvalue weighted by Gasteiger charge is -2.10. The maximum Gasteiger partial charge on any atom is 0.335 e. The summed E-state index contributed by atoms with van der Waals surface area (Å²) in [5.74, 6) is -0.312. The monoisotopic (exact) mass is 243 g/mol. The SMILES string of the molecule is CN(C)c1nccc(-c2ccc(C(=O)O)cc2)n1. The van der Waals surface area contributed by atoms with Crippen molar-refractivity contribution in [3.8, 4) is 11.3 Å². The van der Waals surface area contributed by atoms with Gasteiger partial charge in [0, 0.05) is 25.9 Å². The molecule has 0 spiro atoms. The maximum atomic E-state index is 10.8. The molecule has 0 amide bonds. The highest BCUT2D eigenvalue weighted by Gasteiger charge is 2.06. The van der Waals surface area contributed by atoms with E-state index in [-0.39, 0.29) is 5.56 Å². The number of anilines is 1. The average molecular weight is 243 g/mol. The molecule has 0 aliphatic heterocycles. The minimum absolute atomic E-state index is 0.264. The van der Waals surface area contributed by atoms with Gasteiger partial charge < -0.3 is 10.0 Å². The van der Waals surface area contributed by atoms with Gasteiger partial charge in [-0.1, -0.05) is 12.1 Å². The third-order valence-corrected chi connectivity index (χ3v) is 2.47. The van der Waals surface area contributed by atoms with Gasteiger partial charge in [-0.05, 0) is 18.2 Å². The van der Waals surface area contributed by atoms with Gasteiger partial charge in [0.1, 0.15) is 0 Å². The standard InChI is InChI=1S/C13H13N3O2/c1-16(2)13-14-8-7-11(15-13)9-3-5-10(6-4-9)12(17)18/h3-8H,1-2H3,(H,17,18). The van der Waals surface area contributed by atoms with E-state index in [1.165, 1.54) is 0 Å². The van der Waals surface area contributed by atoms with Crippen LogP contribution in [0.15, 0.2) is 36.5 Å². The summed E-state index contributed by atoms with van der Waals surface area (Å²) in [7, 11) is 3.74. The fraction of sp³-hybridized carbons (Fsp3) is 0.154. The second kappa shape index (κ2) is 4.83. The van der Waals surface area contributed by atoms with E-state index in [0.29, 0.717) is 5.95 Å². The number of nitrogens with zero attached hydrogens (tertiary/aromatic N) is 3. The molecule has 1 N–H and O–H groups in total. The van der Waals surface area contributed by atoms with E-state index in [4.69, 9.17) is 5.11 Å². The van der Waals surface area contributed by atoms with E-state index in [1.54, 1.807) is 36.5 Å². The molecule has 92 valence electrons. The van der Waals surface area contributed by atoms with Crippen molar-refractivity contribution in [3.63, 3.8) is 0 Å². The predicted molar refractivity (Wildman–Crippen MR) is 68.8 cm³/mol. The summed E-state index contributed by atoms with van der Waals surface area (Å²) in [4.78, 5) is 21.1. The second-order valence-electron chi connectivity index (χ2n) is 4.02. The average Bonchev–Trinajstić information content (AvgIpc) is 2.39. The van der Waals surface area contributed by atoms with Gasteiger partial charge in [0.25, 0.3) is 0 Å². The summed E-state index contributed by atoms with van der Waals surface area (Å²) >= 11 is 0. The molecule has 0 unspecified atom stereocenters. The Balaban J connectivity index is 2.36. The molecule has 0 bridgehead atoms. The number of carbonyl (C=O) groups is 1. The van der Waals surface area contributed by atoms with Crippen LogP contribution < -0.4 is 4.90 Å². The molecule has 5 nitrogen and oxygen atoms in total. The Hall–Kier alpha value is -2.43. The smallest absolute Gasteiger partial charge is 0.335 e. The lowest BCUT2D eigenvalue weighted by Crippen LogP contribution is -2.12.